The molecule has 0 radical (unpaired) electrons. The van der Waals surface area contributed by atoms with E-state index in [1.54, 1.807) is 12.1 Å². The lowest BCUT2D eigenvalue weighted by Crippen LogP contribution is -2.08. The summed E-state index contributed by atoms with van der Waals surface area (Å²) in [7, 11) is 0. The maximum Gasteiger partial charge on any atom is 0.259 e. The first-order chi connectivity index (χ1) is 7.24. The molecule has 0 saturated carbocycles. The number of hydrogen-bond donors (Lipinski definition) is 0. The molecule has 0 atom stereocenters. The molecule has 2 aromatic heterocycles. The zero-order valence-corrected chi connectivity index (χ0v) is 9.71. The van der Waals surface area contributed by atoms with Crippen LogP contribution in [0, 0.1) is 0 Å². The molecule has 0 saturated heterocycles. The monoisotopic (exact) mass is 285 g/mol. The number of aromatic nitrogens is 3. The summed E-state index contributed by atoms with van der Waals surface area (Å²) in [5.41, 5.74) is 0. The molecule has 0 aromatic carbocycles. The van der Waals surface area contributed by atoms with Crippen molar-refractivity contribution in [2.75, 3.05) is 5.75 Å². The van der Waals surface area contributed by atoms with Gasteiger partial charge in [-0.3, -0.25) is 4.79 Å². The predicted molar refractivity (Wildman–Crippen MR) is 56.8 cm³/mol. The molecular formula is C8H4BrN3O2S. The molecule has 0 N–H and O–H groups in total. The van der Waals surface area contributed by atoms with Gasteiger partial charge in [-0.1, -0.05) is 11.8 Å². The van der Waals surface area contributed by atoms with Gasteiger partial charge in [0.1, 0.15) is 0 Å². The number of fused-ring (bicyclic) bond motifs is 1. The minimum atomic E-state index is -0.0422. The highest BCUT2D eigenvalue weighted by Crippen LogP contribution is 2.28. The normalized spacial score (nSPS) is 14.6. The van der Waals surface area contributed by atoms with Crippen LogP contribution < -0.4 is 0 Å². The standard InChI is InChI=1S/C8H4BrN3O2S/c9-5-2-1-4(14-5)7-10-8-12(11-7)6(13)3-15-8/h1-2H,3H2. The van der Waals surface area contributed by atoms with Crippen molar-refractivity contribution < 1.29 is 9.21 Å². The number of nitrogens with zero attached hydrogens (tertiary/aromatic N) is 3. The van der Waals surface area contributed by atoms with Crippen molar-refractivity contribution in [1.29, 1.82) is 0 Å². The molecule has 2 aromatic rings. The number of rotatable bonds is 1. The topological polar surface area (TPSA) is 60.9 Å². The van der Waals surface area contributed by atoms with E-state index in [9.17, 15) is 4.79 Å². The Morgan fingerprint density at radius 3 is 3.07 bits per heavy atom. The van der Waals surface area contributed by atoms with Crippen LogP contribution in [0.25, 0.3) is 11.6 Å². The van der Waals surface area contributed by atoms with Gasteiger partial charge in [0.15, 0.2) is 15.6 Å². The van der Waals surface area contributed by atoms with E-state index in [-0.39, 0.29) is 5.91 Å². The molecule has 15 heavy (non-hydrogen) atoms. The quantitative estimate of drug-likeness (QED) is 0.803. The predicted octanol–water partition coefficient (Wildman–Crippen LogP) is 2.05. The van der Waals surface area contributed by atoms with Crippen LogP contribution >= 0.6 is 27.7 Å². The number of thioether (sulfide) groups is 1. The number of halogens is 1. The summed E-state index contributed by atoms with van der Waals surface area (Å²) in [4.78, 5) is 15.5. The molecule has 1 aliphatic rings. The van der Waals surface area contributed by atoms with Crippen molar-refractivity contribution in [1.82, 2.24) is 14.8 Å². The Morgan fingerprint density at radius 1 is 1.53 bits per heavy atom. The third-order valence-corrected chi connectivity index (χ3v) is 3.27. The maximum atomic E-state index is 11.3. The molecule has 0 amide bonds. The molecule has 1 aliphatic heterocycles. The van der Waals surface area contributed by atoms with Crippen molar-refractivity contribution in [3.05, 3.63) is 16.8 Å². The van der Waals surface area contributed by atoms with E-state index in [1.165, 1.54) is 16.4 Å². The third kappa shape index (κ3) is 1.42. The molecule has 7 heteroatoms. The first-order valence-electron chi connectivity index (χ1n) is 4.13. The van der Waals surface area contributed by atoms with Gasteiger partial charge in [-0.2, -0.15) is 9.67 Å². The zero-order valence-electron chi connectivity index (χ0n) is 7.31. The van der Waals surface area contributed by atoms with Crippen LogP contribution in [0.3, 0.4) is 0 Å². The average Bonchev–Trinajstić information content (AvgIpc) is 2.84. The summed E-state index contributed by atoms with van der Waals surface area (Å²) in [5, 5.41) is 4.70. The second-order valence-electron chi connectivity index (χ2n) is 2.92. The van der Waals surface area contributed by atoms with E-state index in [2.05, 4.69) is 26.0 Å². The van der Waals surface area contributed by atoms with E-state index in [0.717, 1.165) is 0 Å². The first-order valence-corrected chi connectivity index (χ1v) is 5.91. The van der Waals surface area contributed by atoms with Crippen LogP contribution in [-0.2, 0) is 0 Å². The highest BCUT2D eigenvalue weighted by molar-refractivity contribution is 9.10. The van der Waals surface area contributed by atoms with E-state index in [0.29, 0.717) is 27.2 Å². The molecule has 0 unspecified atom stereocenters. The van der Waals surface area contributed by atoms with E-state index < -0.39 is 0 Å². The zero-order chi connectivity index (χ0) is 10.4. The molecule has 76 valence electrons. The van der Waals surface area contributed by atoms with Crippen molar-refractivity contribution >= 4 is 33.6 Å². The highest BCUT2D eigenvalue weighted by Gasteiger charge is 2.25. The molecule has 0 bridgehead atoms. The van der Waals surface area contributed by atoms with Crippen molar-refractivity contribution in [3.63, 3.8) is 0 Å². The Kier molecular flexibility index (Phi) is 1.96. The molecule has 0 aliphatic carbocycles. The summed E-state index contributed by atoms with van der Waals surface area (Å²) in [5.74, 6) is 1.37. The Hall–Kier alpha value is -1.08. The Labute approximate surface area is 97.0 Å². The van der Waals surface area contributed by atoms with Gasteiger partial charge in [0.25, 0.3) is 5.91 Å². The van der Waals surface area contributed by atoms with E-state index in [1.807, 2.05) is 0 Å². The smallest absolute Gasteiger partial charge is 0.259 e. The van der Waals surface area contributed by atoms with Crippen molar-refractivity contribution in [2.24, 2.45) is 0 Å². The van der Waals surface area contributed by atoms with Gasteiger partial charge < -0.3 is 4.42 Å². The highest BCUT2D eigenvalue weighted by atomic mass is 79.9. The van der Waals surface area contributed by atoms with Gasteiger partial charge in [0.05, 0.1) is 5.75 Å². The van der Waals surface area contributed by atoms with Gasteiger partial charge in [0, 0.05) is 0 Å². The van der Waals surface area contributed by atoms with Crippen LogP contribution in [-0.4, -0.2) is 26.4 Å². The fourth-order valence-electron chi connectivity index (χ4n) is 1.28. The summed E-state index contributed by atoms with van der Waals surface area (Å²) < 4.78 is 7.23. The third-order valence-electron chi connectivity index (χ3n) is 1.93. The number of carbonyl (C=O) groups excluding carboxylic acids is 1. The van der Waals surface area contributed by atoms with Crippen LogP contribution in [0.5, 0.6) is 0 Å². The second-order valence-corrected chi connectivity index (χ2v) is 4.64. The van der Waals surface area contributed by atoms with Gasteiger partial charge in [0.2, 0.25) is 5.82 Å². The van der Waals surface area contributed by atoms with E-state index >= 15 is 0 Å². The lowest BCUT2D eigenvalue weighted by atomic mass is 10.4. The Balaban J connectivity index is 2.08. The number of hydrogen-bond acceptors (Lipinski definition) is 5. The van der Waals surface area contributed by atoms with Crippen LogP contribution in [0.15, 0.2) is 26.4 Å². The molecule has 5 nitrogen and oxygen atoms in total. The molecular weight excluding hydrogens is 282 g/mol. The molecule has 0 fully saturated rings. The minimum absolute atomic E-state index is 0.0422. The lowest BCUT2D eigenvalue weighted by molar-refractivity contribution is 0.0923. The summed E-state index contributed by atoms with van der Waals surface area (Å²) in [6.45, 7) is 0. The van der Waals surface area contributed by atoms with Gasteiger partial charge in [-0.25, -0.2) is 0 Å². The van der Waals surface area contributed by atoms with Crippen LogP contribution in [0.1, 0.15) is 4.79 Å². The number of furan rings is 1. The molecule has 0 spiro atoms. The number of carbonyl (C=O) groups is 1. The Morgan fingerprint density at radius 2 is 2.40 bits per heavy atom. The van der Waals surface area contributed by atoms with Crippen LogP contribution in [0.2, 0.25) is 0 Å². The molecule has 3 rings (SSSR count). The van der Waals surface area contributed by atoms with Gasteiger partial charge >= 0.3 is 0 Å². The Bertz CT molecular complexity index is 548. The summed E-state index contributed by atoms with van der Waals surface area (Å²) in [6.07, 6.45) is 0. The average molecular weight is 286 g/mol. The first kappa shape index (κ1) is 9.17. The van der Waals surface area contributed by atoms with Crippen molar-refractivity contribution in [3.8, 4) is 11.6 Å². The van der Waals surface area contributed by atoms with Gasteiger partial charge in [-0.05, 0) is 28.1 Å². The largest absolute Gasteiger partial charge is 0.446 e. The maximum absolute atomic E-state index is 11.3. The van der Waals surface area contributed by atoms with Crippen LogP contribution in [0.4, 0.5) is 0 Å². The van der Waals surface area contributed by atoms with Gasteiger partial charge in [-0.15, -0.1) is 5.10 Å². The fourth-order valence-corrected chi connectivity index (χ4v) is 2.38. The van der Waals surface area contributed by atoms with Crippen molar-refractivity contribution in [2.45, 2.75) is 5.16 Å². The summed E-state index contributed by atoms with van der Waals surface area (Å²) >= 11 is 4.58. The minimum Gasteiger partial charge on any atom is -0.446 e. The summed E-state index contributed by atoms with van der Waals surface area (Å²) in [6, 6.07) is 3.51. The lowest BCUT2D eigenvalue weighted by Gasteiger charge is -1.88. The van der Waals surface area contributed by atoms with E-state index in [4.69, 9.17) is 4.42 Å². The fraction of sp³-hybridized carbons (Fsp3) is 0.125. The SMILES string of the molecule is O=C1CSc2nc(-c3ccc(Br)o3)nn21. The molecule has 3 heterocycles. The second kappa shape index (κ2) is 3.21.